The van der Waals surface area contributed by atoms with Gasteiger partial charge in [-0.2, -0.15) is 0 Å². The number of hydrogen-bond acceptors (Lipinski definition) is 4. The van der Waals surface area contributed by atoms with Gasteiger partial charge in [0.05, 0.1) is 38.9 Å². The van der Waals surface area contributed by atoms with E-state index in [1.807, 2.05) is 27.9 Å². The van der Waals surface area contributed by atoms with Crippen LogP contribution in [0.1, 0.15) is 36.1 Å². The zero-order chi connectivity index (χ0) is 23.4. The number of rotatable bonds is 8. The summed E-state index contributed by atoms with van der Waals surface area (Å²) in [5.74, 6) is -1.71. The molecule has 3 rings (SSSR count). The molecule has 1 amide bonds. The van der Waals surface area contributed by atoms with E-state index in [-0.39, 0.29) is 23.4 Å². The number of ether oxygens (including phenoxy) is 1. The lowest BCUT2D eigenvalue weighted by Crippen LogP contribution is -3.05. The van der Waals surface area contributed by atoms with Gasteiger partial charge >= 0.3 is 0 Å². The number of nitrogens with zero attached hydrogens (tertiary/aromatic N) is 1. The number of likely N-dealkylation sites (tertiary alicyclic amines) is 1. The Balaban J connectivity index is 2.11. The van der Waals surface area contributed by atoms with Crippen LogP contribution in [0.5, 0.6) is 5.75 Å². The predicted molar refractivity (Wildman–Crippen MR) is 120 cm³/mol. The standard InChI is InChI=1S/C25H29FN2O4/c1-5-32-20-12-11-17(15-16(20)2)23(29)21-22(18-9-6-7-10-19(18)26)28(25(31)24(21)30)14-8-13-27(3)4/h6-7,9-12,15,22,29H,5,8,13-14H2,1-4H3/p+1. The van der Waals surface area contributed by atoms with E-state index in [1.165, 1.54) is 15.9 Å². The summed E-state index contributed by atoms with van der Waals surface area (Å²) in [5.41, 5.74) is 1.25. The zero-order valence-electron chi connectivity index (χ0n) is 18.9. The van der Waals surface area contributed by atoms with E-state index in [9.17, 15) is 19.1 Å². The van der Waals surface area contributed by atoms with Gasteiger partial charge < -0.3 is 19.6 Å². The van der Waals surface area contributed by atoms with Gasteiger partial charge in [-0.15, -0.1) is 0 Å². The van der Waals surface area contributed by atoms with Crippen LogP contribution in [0.4, 0.5) is 4.39 Å². The van der Waals surface area contributed by atoms with Crippen molar-refractivity contribution in [3.63, 3.8) is 0 Å². The number of carbonyl (C=O) groups is 2. The van der Waals surface area contributed by atoms with Gasteiger partial charge in [0, 0.05) is 24.1 Å². The summed E-state index contributed by atoms with van der Waals surface area (Å²) < 4.78 is 20.3. The van der Waals surface area contributed by atoms with Crippen LogP contribution in [-0.2, 0) is 9.59 Å². The Labute approximate surface area is 187 Å². The molecule has 1 heterocycles. The summed E-state index contributed by atoms with van der Waals surface area (Å²) in [6, 6.07) is 10.1. The second-order valence-electron chi connectivity index (χ2n) is 8.24. The van der Waals surface area contributed by atoms with E-state index >= 15 is 0 Å². The Hall–Kier alpha value is -3.19. The lowest BCUT2D eigenvalue weighted by molar-refractivity contribution is -0.858. The van der Waals surface area contributed by atoms with Gasteiger partial charge in [-0.3, -0.25) is 9.59 Å². The fourth-order valence-corrected chi connectivity index (χ4v) is 4.00. The molecule has 2 aromatic carbocycles. The Morgan fingerprint density at radius 2 is 1.91 bits per heavy atom. The number of aliphatic hydroxyl groups excluding tert-OH is 1. The fraction of sp³-hybridized carbons (Fsp3) is 0.360. The minimum Gasteiger partial charge on any atom is -0.507 e. The van der Waals surface area contributed by atoms with Crippen LogP contribution in [0.15, 0.2) is 48.0 Å². The number of hydrogen-bond donors (Lipinski definition) is 2. The maximum atomic E-state index is 14.8. The van der Waals surface area contributed by atoms with Crippen molar-refractivity contribution in [3.05, 3.63) is 70.5 Å². The number of Topliss-reactive ketones (excluding diaryl/α,β-unsaturated/α-hetero) is 1. The van der Waals surface area contributed by atoms with Crippen molar-refractivity contribution < 1.29 is 28.7 Å². The highest BCUT2D eigenvalue weighted by Gasteiger charge is 2.46. The summed E-state index contributed by atoms with van der Waals surface area (Å²) in [7, 11) is 3.99. The largest absolute Gasteiger partial charge is 0.507 e. The number of quaternary nitrogens is 1. The van der Waals surface area contributed by atoms with Crippen LogP contribution in [0.25, 0.3) is 5.76 Å². The first kappa shape index (κ1) is 23.5. The third-order valence-corrected chi connectivity index (χ3v) is 5.56. The first-order valence-corrected chi connectivity index (χ1v) is 10.8. The van der Waals surface area contributed by atoms with Crippen molar-refractivity contribution in [2.75, 3.05) is 33.8 Å². The number of aliphatic hydroxyl groups is 1. The third-order valence-electron chi connectivity index (χ3n) is 5.56. The molecule has 1 aliphatic heterocycles. The SMILES string of the molecule is CCOc1ccc(C(O)=C2C(=O)C(=O)N(CCC[NH+](C)C)C2c2ccccc2F)cc1C. The molecule has 0 spiro atoms. The smallest absolute Gasteiger partial charge is 0.295 e. The molecule has 1 atom stereocenters. The van der Waals surface area contributed by atoms with Crippen LogP contribution in [0.2, 0.25) is 0 Å². The van der Waals surface area contributed by atoms with Crippen molar-refractivity contribution in [1.82, 2.24) is 4.90 Å². The molecule has 0 aromatic heterocycles. The van der Waals surface area contributed by atoms with Crippen LogP contribution >= 0.6 is 0 Å². The number of halogens is 1. The molecule has 7 heteroatoms. The number of nitrogens with one attached hydrogen (secondary N) is 1. The number of carbonyl (C=O) groups excluding carboxylic acids is 2. The Morgan fingerprint density at radius 1 is 1.19 bits per heavy atom. The van der Waals surface area contributed by atoms with Gasteiger partial charge in [0.2, 0.25) is 0 Å². The van der Waals surface area contributed by atoms with Crippen molar-refractivity contribution >= 4 is 17.4 Å². The average molecular weight is 442 g/mol. The molecule has 1 fully saturated rings. The van der Waals surface area contributed by atoms with Crippen molar-refractivity contribution in [2.24, 2.45) is 0 Å². The molecule has 170 valence electrons. The number of ketones is 1. The van der Waals surface area contributed by atoms with E-state index in [0.29, 0.717) is 24.3 Å². The van der Waals surface area contributed by atoms with Crippen LogP contribution < -0.4 is 9.64 Å². The van der Waals surface area contributed by atoms with Gasteiger partial charge in [0.15, 0.2) is 0 Å². The minimum atomic E-state index is -0.986. The van der Waals surface area contributed by atoms with Crippen LogP contribution in [-0.4, -0.2) is 55.5 Å². The maximum absolute atomic E-state index is 14.8. The average Bonchev–Trinajstić information content (AvgIpc) is 3.00. The molecular formula is C25H30FN2O4+. The van der Waals surface area contributed by atoms with Crippen molar-refractivity contribution in [1.29, 1.82) is 0 Å². The third kappa shape index (κ3) is 4.67. The van der Waals surface area contributed by atoms with E-state index in [0.717, 1.165) is 12.1 Å². The quantitative estimate of drug-likeness (QED) is 0.375. The maximum Gasteiger partial charge on any atom is 0.295 e. The summed E-state index contributed by atoms with van der Waals surface area (Å²) in [6.45, 7) is 5.28. The molecule has 1 aliphatic rings. The summed E-state index contributed by atoms with van der Waals surface area (Å²) in [6.07, 6.45) is 0.641. The first-order valence-electron chi connectivity index (χ1n) is 10.8. The number of aryl methyl sites for hydroxylation is 1. The highest BCUT2D eigenvalue weighted by atomic mass is 19.1. The Kier molecular flexibility index (Phi) is 7.30. The summed E-state index contributed by atoms with van der Waals surface area (Å²) in [4.78, 5) is 28.5. The molecule has 1 saturated heterocycles. The molecule has 0 radical (unpaired) electrons. The number of amides is 1. The molecule has 1 unspecified atom stereocenters. The second kappa shape index (κ2) is 9.96. The van der Waals surface area contributed by atoms with E-state index < -0.39 is 23.5 Å². The Morgan fingerprint density at radius 3 is 2.53 bits per heavy atom. The van der Waals surface area contributed by atoms with E-state index in [2.05, 4.69) is 0 Å². The normalized spacial score (nSPS) is 17.9. The molecule has 2 aromatic rings. The number of benzene rings is 2. The van der Waals surface area contributed by atoms with Crippen molar-refractivity contribution in [3.8, 4) is 5.75 Å². The topological polar surface area (TPSA) is 71.3 Å². The lowest BCUT2D eigenvalue weighted by atomic mass is 9.94. The van der Waals surface area contributed by atoms with Crippen molar-refractivity contribution in [2.45, 2.75) is 26.3 Å². The van der Waals surface area contributed by atoms with Gasteiger partial charge in [-0.05, 0) is 43.7 Å². The highest BCUT2D eigenvalue weighted by molar-refractivity contribution is 6.46. The molecule has 0 aliphatic carbocycles. The van der Waals surface area contributed by atoms with Gasteiger partial charge in [-0.25, -0.2) is 4.39 Å². The lowest BCUT2D eigenvalue weighted by Gasteiger charge is -2.25. The Bertz CT molecular complexity index is 1050. The molecule has 0 saturated carbocycles. The van der Waals surface area contributed by atoms with E-state index in [1.54, 1.807) is 36.4 Å². The fourth-order valence-electron chi connectivity index (χ4n) is 4.00. The predicted octanol–water partition coefficient (Wildman–Crippen LogP) is 2.49. The van der Waals surface area contributed by atoms with Gasteiger partial charge in [-0.1, -0.05) is 18.2 Å². The second-order valence-corrected chi connectivity index (χ2v) is 8.24. The minimum absolute atomic E-state index is 0.0964. The molecule has 2 N–H and O–H groups in total. The molecule has 32 heavy (non-hydrogen) atoms. The molecule has 6 nitrogen and oxygen atoms in total. The van der Waals surface area contributed by atoms with Gasteiger partial charge in [0.1, 0.15) is 17.3 Å². The van der Waals surface area contributed by atoms with Crippen LogP contribution in [0.3, 0.4) is 0 Å². The summed E-state index contributed by atoms with van der Waals surface area (Å²) >= 11 is 0. The highest BCUT2D eigenvalue weighted by Crippen LogP contribution is 2.40. The monoisotopic (exact) mass is 441 g/mol. The molecule has 0 bridgehead atoms. The van der Waals surface area contributed by atoms with Gasteiger partial charge in [0.25, 0.3) is 11.7 Å². The first-order chi connectivity index (χ1) is 15.3. The van der Waals surface area contributed by atoms with E-state index in [4.69, 9.17) is 4.74 Å². The molecular weight excluding hydrogens is 411 g/mol. The van der Waals surface area contributed by atoms with Crippen LogP contribution in [0, 0.1) is 12.7 Å². The zero-order valence-corrected chi connectivity index (χ0v) is 18.9. The summed E-state index contributed by atoms with van der Waals surface area (Å²) in [5, 5.41) is 11.1.